The third kappa shape index (κ3) is 3.61. The number of carbonyl (C=O) groups is 2. The number of hydrogen-bond acceptors (Lipinski definition) is 8. The zero-order chi connectivity index (χ0) is 18.1. The van der Waals surface area contributed by atoms with E-state index in [0.29, 0.717) is 12.8 Å². The number of esters is 1. The Labute approximate surface area is 144 Å². The molecule has 0 aliphatic carbocycles. The number of aromatic amines is 1. The predicted octanol–water partition coefficient (Wildman–Crippen LogP) is 0.345. The lowest BCUT2D eigenvalue weighted by atomic mass is 10.2. The molecule has 2 N–H and O–H groups in total. The molecule has 134 valence electrons. The molecule has 1 amide bonds. The van der Waals surface area contributed by atoms with Gasteiger partial charge in [-0.25, -0.2) is 0 Å². The highest BCUT2D eigenvalue weighted by molar-refractivity contribution is 7.16. The first kappa shape index (κ1) is 17.3. The number of rotatable bonds is 4. The highest BCUT2D eigenvalue weighted by Crippen LogP contribution is 2.30. The summed E-state index contributed by atoms with van der Waals surface area (Å²) in [5.41, 5.74) is -0.357. The molecule has 0 radical (unpaired) electrons. The number of H-pyrrole nitrogens is 1. The number of fused-ring (bicyclic) bond motifs is 1. The van der Waals surface area contributed by atoms with Crippen LogP contribution in [0.15, 0.2) is 9.59 Å². The lowest BCUT2D eigenvalue weighted by molar-refractivity contribution is -0.145. The second-order valence-corrected chi connectivity index (χ2v) is 6.54. The average Bonchev–Trinajstić information content (AvgIpc) is 3.08. The fourth-order valence-corrected chi connectivity index (χ4v) is 3.47. The van der Waals surface area contributed by atoms with Gasteiger partial charge in [0.2, 0.25) is 11.9 Å². The SMILES string of the molecule is CC(=O)Nc1nc2c(sc(=O)n2[C@H]2CC[C@@H](COC(C)=O)O2)c(=O)[nH]1. The normalized spacial score (nSPS) is 19.9. The maximum Gasteiger partial charge on any atom is 0.311 e. The van der Waals surface area contributed by atoms with E-state index in [9.17, 15) is 19.2 Å². The van der Waals surface area contributed by atoms with Gasteiger partial charge in [-0.2, -0.15) is 4.98 Å². The van der Waals surface area contributed by atoms with Crippen LogP contribution in [0, 0.1) is 0 Å². The van der Waals surface area contributed by atoms with Crippen LogP contribution in [0.25, 0.3) is 10.3 Å². The number of nitrogens with zero attached hydrogens (tertiary/aromatic N) is 2. The third-order valence-electron chi connectivity index (χ3n) is 3.61. The molecule has 1 saturated heterocycles. The monoisotopic (exact) mass is 368 g/mol. The maximum atomic E-state index is 12.3. The fraction of sp³-hybridized carbons (Fsp3) is 0.500. The van der Waals surface area contributed by atoms with Crippen LogP contribution in [-0.4, -0.2) is 39.1 Å². The van der Waals surface area contributed by atoms with E-state index in [-0.39, 0.29) is 33.9 Å². The molecule has 1 aliphatic heterocycles. The van der Waals surface area contributed by atoms with Gasteiger partial charge in [0.05, 0.1) is 6.10 Å². The Morgan fingerprint density at radius 2 is 2.16 bits per heavy atom. The number of carbonyl (C=O) groups excluding carboxylic acids is 2. The summed E-state index contributed by atoms with van der Waals surface area (Å²) in [4.78, 5) is 52.7. The van der Waals surface area contributed by atoms with Gasteiger partial charge in [0.25, 0.3) is 5.56 Å². The topological polar surface area (TPSA) is 132 Å². The van der Waals surface area contributed by atoms with Gasteiger partial charge in [0.1, 0.15) is 17.5 Å². The summed E-state index contributed by atoms with van der Waals surface area (Å²) in [5.74, 6) is -0.838. The van der Waals surface area contributed by atoms with Crippen molar-refractivity contribution in [3.05, 3.63) is 20.0 Å². The van der Waals surface area contributed by atoms with E-state index in [0.717, 1.165) is 11.3 Å². The first-order chi connectivity index (χ1) is 11.8. The third-order valence-corrected chi connectivity index (χ3v) is 4.56. The first-order valence-corrected chi connectivity index (χ1v) is 8.38. The minimum Gasteiger partial charge on any atom is -0.463 e. The molecule has 3 rings (SSSR count). The van der Waals surface area contributed by atoms with Gasteiger partial charge in [-0.15, -0.1) is 0 Å². The number of amides is 1. The van der Waals surface area contributed by atoms with Crippen molar-refractivity contribution in [1.29, 1.82) is 0 Å². The van der Waals surface area contributed by atoms with Gasteiger partial charge in [0, 0.05) is 13.8 Å². The molecular formula is C14H16N4O6S. The molecule has 0 unspecified atom stereocenters. The van der Waals surface area contributed by atoms with Crippen molar-refractivity contribution in [3.8, 4) is 0 Å². The number of aromatic nitrogens is 3. The zero-order valence-corrected chi connectivity index (χ0v) is 14.3. The minimum atomic E-state index is -0.610. The zero-order valence-electron chi connectivity index (χ0n) is 13.5. The van der Waals surface area contributed by atoms with Crippen molar-refractivity contribution in [3.63, 3.8) is 0 Å². The molecule has 11 heteroatoms. The number of anilines is 1. The van der Waals surface area contributed by atoms with Gasteiger partial charge < -0.3 is 9.47 Å². The maximum absolute atomic E-state index is 12.3. The summed E-state index contributed by atoms with van der Waals surface area (Å²) in [5, 5.41) is 2.39. The molecule has 25 heavy (non-hydrogen) atoms. The minimum absolute atomic E-state index is 0.0361. The van der Waals surface area contributed by atoms with Crippen LogP contribution >= 0.6 is 11.3 Å². The van der Waals surface area contributed by atoms with E-state index in [2.05, 4.69) is 15.3 Å². The van der Waals surface area contributed by atoms with E-state index in [4.69, 9.17) is 9.47 Å². The van der Waals surface area contributed by atoms with E-state index in [1.54, 1.807) is 0 Å². The molecule has 1 aliphatic rings. The molecule has 0 saturated carbocycles. The summed E-state index contributed by atoms with van der Waals surface area (Å²) in [6, 6.07) is 0. The van der Waals surface area contributed by atoms with Gasteiger partial charge in [-0.3, -0.25) is 34.0 Å². The Morgan fingerprint density at radius 3 is 2.84 bits per heavy atom. The molecule has 0 spiro atoms. The van der Waals surface area contributed by atoms with Gasteiger partial charge in [-0.05, 0) is 12.8 Å². The Bertz CT molecular complexity index is 945. The van der Waals surface area contributed by atoms with Crippen molar-refractivity contribution in [1.82, 2.24) is 14.5 Å². The van der Waals surface area contributed by atoms with Crippen LogP contribution < -0.4 is 15.7 Å². The summed E-state index contributed by atoms with van der Waals surface area (Å²) < 4.78 is 12.1. The Morgan fingerprint density at radius 1 is 1.40 bits per heavy atom. The Hall–Kier alpha value is -2.53. The molecule has 0 aromatic carbocycles. The Kier molecular flexibility index (Phi) is 4.68. The molecule has 1 fully saturated rings. The number of hydrogen-bond donors (Lipinski definition) is 2. The number of ether oxygens (including phenoxy) is 2. The summed E-state index contributed by atoms with van der Waals surface area (Å²) in [6.07, 6.45) is 0.180. The smallest absolute Gasteiger partial charge is 0.311 e. The predicted molar refractivity (Wildman–Crippen MR) is 88.6 cm³/mol. The molecule has 2 aromatic heterocycles. The molecular weight excluding hydrogens is 352 g/mol. The van der Waals surface area contributed by atoms with Crippen LogP contribution in [0.5, 0.6) is 0 Å². The fourth-order valence-electron chi connectivity index (χ4n) is 2.62. The molecule has 0 bridgehead atoms. The largest absolute Gasteiger partial charge is 0.463 e. The molecule has 10 nitrogen and oxygen atoms in total. The van der Waals surface area contributed by atoms with Crippen LogP contribution in [0.1, 0.15) is 32.9 Å². The quantitative estimate of drug-likeness (QED) is 0.744. The van der Waals surface area contributed by atoms with E-state index in [1.807, 2.05) is 0 Å². The summed E-state index contributed by atoms with van der Waals surface area (Å²) >= 11 is 0.762. The van der Waals surface area contributed by atoms with E-state index < -0.39 is 23.7 Å². The second-order valence-electron chi connectivity index (χ2n) is 5.58. The number of thiazole rings is 1. The Balaban J connectivity index is 1.93. The van der Waals surface area contributed by atoms with Crippen LogP contribution in [0.2, 0.25) is 0 Å². The molecule has 2 atom stereocenters. The second kappa shape index (κ2) is 6.76. The van der Waals surface area contributed by atoms with Crippen molar-refractivity contribution in [2.45, 2.75) is 39.0 Å². The van der Waals surface area contributed by atoms with Gasteiger partial charge in [0.15, 0.2) is 5.65 Å². The summed E-state index contributed by atoms with van der Waals surface area (Å²) in [6.45, 7) is 2.70. The number of nitrogens with one attached hydrogen (secondary N) is 2. The van der Waals surface area contributed by atoms with Crippen LogP contribution in [0.4, 0.5) is 5.95 Å². The summed E-state index contributed by atoms with van der Waals surface area (Å²) in [7, 11) is 0. The van der Waals surface area contributed by atoms with Gasteiger partial charge in [-0.1, -0.05) is 11.3 Å². The highest BCUT2D eigenvalue weighted by atomic mass is 32.1. The highest BCUT2D eigenvalue weighted by Gasteiger charge is 2.30. The van der Waals surface area contributed by atoms with Crippen LogP contribution in [0.3, 0.4) is 0 Å². The molecule has 2 aromatic rings. The van der Waals surface area contributed by atoms with Crippen molar-refractivity contribution >= 4 is 39.5 Å². The first-order valence-electron chi connectivity index (χ1n) is 7.57. The van der Waals surface area contributed by atoms with Crippen molar-refractivity contribution in [2.75, 3.05) is 11.9 Å². The van der Waals surface area contributed by atoms with E-state index >= 15 is 0 Å². The standard InChI is InChI=1S/C14H16N4O6S/c1-6(19)15-13-16-11-10(12(21)17-13)25-14(22)18(11)9-4-3-8(24-9)5-23-7(2)20/h8-9H,3-5H2,1-2H3,(H2,15,16,17,19,21)/t8-,9+/m0/s1. The molecule has 3 heterocycles. The average molecular weight is 368 g/mol. The van der Waals surface area contributed by atoms with E-state index in [1.165, 1.54) is 18.4 Å². The van der Waals surface area contributed by atoms with Gasteiger partial charge >= 0.3 is 10.8 Å². The van der Waals surface area contributed by atoms with Crippen molar-refractivity contribution in [2.24, 2.45) is 0 Å². The lowest BCUT2D eigenvalue weighted by Crippen LogP contribution is -2.23. The van der Waals surface area contributed by atoms with Crippen molar-refractivity contribution < 1.29 is 19.1 Å². The van der Waals surface area contributed by atoms with Crippen LogP contribution in [-0.2, 0) is 19.1 Å². The lowest BCUT2D eigenvalue weighted by Gasteiger charge is -2.14.